The SMILES string of the molecule is Cc1coc2c1C(=O)C(=O)c1c-2ccc2c1C(OC(=O)c1ccccc1[N+](=O)[O-])CCC2(C)C. The van der Waals surface area contributed by atoms with Crippen LogP contribution < -0.4 is 0 Å². The Hall–Kier alpha value is -4.07. The maximum atomic E-state index is 13.3. The lowest BCUT2D eigenvalue weighted by molar-refractivity contribution is -0.385. The van der Waals surface area contributed by atoms with Gasteiger partial charge in [0, 0.05) is 22.8 Å². The van der Waals surface area contributed by atoms with Crippen LogP contribution in [0.5, 0.6) is 0 Å². The monoisotopic (exact) mass is 459 g/mol. The summed E-state index contributed by atoms with van der Waals surface area (Å²) in [5.74, 6) is -1.86. The van der Waals surface area contributed by atoms with Crippen molar-refractivity contribution in [3.05, 3.63) is 86.2 Å². The Morgan fingerprint density at radius 1 is 1.12 bits per heavy atom. The number of furan rings is 1. The van der Waals surface area contributed by atoms with Gasteiger partial charge in [0.2, 0.25) is 11.6 Å². The topological polar surface area (TPSA) is 117 Å². The van der Waals surface area contributed by atoms with Gasteiger partial charge in [-0.1, -0.05) is 38.1 Å². The molecule has 2 aliphatic carbocycles. The van der Waals surface area contributed by atoms with E-state index in [1.807, 2.05) is 19.9 Å². The van der Waals surface area contributed by atoms with Crippen LogP contribution in [0.3, 0.4) is 0 Å². The maximum absolute atomic E-state index is 13.3. The lowest BCUT2D eigenvalue weighted by Gasteiger charge is -2.38. The van der Waals surface area contributed by atoms with Gasteiger partial charge >= 0.3 is 5.97 Å². The average molecular weight is 459 g/mol. The Morgan fingerprint density at radius 3 is 2.56 bits per heavy atom. The predicted molar refractivity (Wildman–Crippen MR) is 121 cm³/mol. The van der Waals surface area contributed by atoms with Crippen LogP contribution in [0.15, 0.2) is 47.1 Å². The van der Waals surface area contributed by atoms with Crippen molar-refractivity contribution in [3.8, 4) is 11.3 Å². The number of fused-ring (bicyclic) bond motifs is 5. The number of carbonyl (C=O) groups excluding carboxylic acids is 3. The smallest absolute Gasteiger partial charge is 0.345 e. The van der Waals surface area contributed by atoms with E-state index in [9.17, 15) is 24.5 Å². The van der Waals surface area contributed by atoms with E-state index in [4.69, 9.17) is 9.15 Å². The molecule has 3 aromatic rings. The van der Waals surface area contributed by atoms with Crippen LogP contribution in [0.2, 0.25) is 0 Å². The zero-order valence-corrected chi connectivity index (χ0v) is 18.8. The average Bonchev–Trinajstić information content (AvgIpc) is 3.20. The molecule has 5 rings (SSSR count). The van der Waals surface area contributed by atoms with Crippen molar-refractivity contribution < 1.29 is 28.5 Å². The Balaban J connectivity index is 1.67. The molecule has 1 atom stereocenters. The maximum Gasteiger partial charge on any atom is 0.345 e. The van der Waals surface area contributed by atoms with Crippen molar-refractivity contribution in [1.82, 2.24) is 0 Å². The first-order chi connectivity index (χ1) is 16.1. The number of ketones is 2. The second-order valence-electron chi connectivity index (χ2n) is 9.32. The van der Waals surface area contributed by atoms with Crippen LogP contribution in [-0.4, -0.2) is 22.5 Å². The van der Waals surface area contributed by atoms with Crippen LogP contribution in [0.25, 0.3) is 11.3 Å². The number of hydrogen-bond acceptors (Lipinski definition) is 7. The number of benzene rings is 2. The van der Waals surface area contributed by atoms with Gasteiger partial charge in [-0.3, -0.25) is 19.7 Å². The number of carbonyl (C=O) groups is 3. The molecule has 0 fully saturated rings. The van der Waals surface area contributed by atoms with Gasteiger partial charge in [-0.25, -0.2) is 4.79 Å². The van der Waals surface area contributed by atoms with Crippen LogP contribution in [0, 0.1) is 17.0 Å². The molecule has 0 spiro atoms. The molecule has 2 aliphatic rings. The molecule has 0 saturated heterocycles. The van der Waals surface area contributed by atoms with Crippen LogP contribution in [0.1, 0.15) is 80.6 Å². The summed E-state index contributed by atoms with van der Waals surface area (Å²) in [5.41, 5.74) is 1.89. The molecule has 0 saturated carbocycles. The molecule has 0 radical (unpaired) electrons. The van der Waals surface area contributed by atoms with Gasteiger partial charge in [0.15, 0.2) is 0 Å². The number of rotatable bonds is 3. The van der Waals surface area contributed by atoms with Gasteiger partial charge < -0.3 is 9.15 Å². The fourth-order valence-electron chi connectivity index (χ4n) is 5.02. The lowest BCUT2D eigenvalue weighted by atomic mass is 9.68. The third kappa shape index (κ3) is 3.09. The minimum Gasteiger partial charge on any atom is -0.463 e. The summed E-state index contributed by atoms with van der Waals surface area (Å²) in [5, 5.41) is 11.4. The van der Waals surface area contributed by atoms with E-state index >= 15 is 0 Å². The minimum absolute atomic E-state index is 0.171. The summed E-state index contributed by atoms with van der Waals surface area (Å²) < 4.78 is 11.4. The van der Waals surface area contributed by atoms with Crippen molar-refractivity contribution in [2.75, 3.05) is 0 Å². The molecule has 0 amide bonds. The number of Topliss-reactive ketones (excluding diaryl/α,β-unsaturated/α-hetero) is 2. The van der Waals surface area contributed by atoms with E-state index < -0.39 is 28.6 Å². The highest BCUT2D eigenvalue weighted by atomic mass is 16.6. The van der Waals surface area contributed by atoms with Crippen molar-refractivity contribution >= 4 is 23.2 Å². The van der Waals surface area contributed by atoms with E-state index in [0.29, 0.717) is 35.3 Å². The van der Waals surface area contributed by atoms with E-state index in [-0.39, 0.29) is 27.8 Å². The van der Waals surface area contributed by atoms with E-state index in [1.54, 1.807) is 13.0 Å². The molecule has 34 heavy (non-hydrogen) atoms. The highest BCUT2D eigenvalue weighted by Crippen LogP contribution is 2.49. The molecular formula is C26H21NO7. The summed E-state index contributed by atoms with van der Waals surface area (Å²) in [6.07, 6.45) is 1.65. The number of hydrogen-bond donors (Lipinski definition) is 0. The first kappa shape index (κ1) is 21.8. The molecule has 1 aromatic heterocycles. The van der Waals surface area contributed by atoms with Gasteiger partial charge in [0.25, 0.3) is 5.69 Å². The fraction of sp³-hybridized carbons (Fsp3) is 0.269. The van der Waals surface area contributed by atoms with Crippen LogP contribution >= 0.6 is 0 Å². The molecule has 0 N–H and O–H groups in total. The second kappa shape index (κ2) is 7.48. The number of nitro benzene ring substituents is 1. The van der Waals surface area contributed by atoms with Gasteiger partial charge in [-0.2, -0.15) is 0 Å². The van der Waals surface area contributed by atoms with Crippen molar-refractivity contribution in [1.29, 1.82) is 0 Å². The van der Waals surface area contributed by atoms with Crippen LogP contribution in [0.4, 0.5) is 5.69 Å². The molecule has 8 heteroatoms. The lowest BCUT2D eigenvalue weighted by Crippen LogP contribution is -2.33. The third-order valence-corrected chi connectivity index (χ3v) is 6.78. The highest BCUT2D eigenvalue weighted by molar-refractivity contribution is 6.53. The van der Waals surface area contributed by atoms with Crippen molar-refractivity contribution in [2.45, 2.75) is 45.1 Å². The molecule has 172 valence electrons. The van der Waals surface area contributed by atoms with Crippen molar-refractivity contribution in [3.63, 3.8) is 0 Å². The fourth-order valence-corrected chi connectivity index (χ4v) is 5.02. The summed E-state index contributed by atoms with van der Waals surface area (Å²) in [7, 11) is 0. The molecular weight excluding hydrogens is 438 g/mol. The van der Waals surface area contributed by atoms with Crippen molar-refractivity contribution in [2.24, 2.45) is 0 Å². The Bertz CT molecular complexity index is 1410. The first-order valence-electron chi connectivity index (χ1n) is 10.9. The van der Waals surface area contributed by atoms with Gasteiger partial charge in [-0.05, 0) is 42.4 Å². The van der Waals surface area contributed by atoms with E-state index in [2.05, 4.69) is 0 Å². The van der Waals surface area contributed by atoms with E-state index in [0.717, 1.165) is 5.56 Å². The quantitative estimate of drug-likeness (QED) is 0.219. The summed E-state index contributed by atoms with van der Waals surface area (Å²) in [6.45, 7) is 5.75. The van der Waals surface area contributed by atoms with Gasteiger partial charge in [-0.15, -0.1) is 0 Å². The Morgan fingerprint density at radius 2 is 1.82 bits per heavy atom. The number of ether oxygens (including phenoxy) is 1. The normalized spacial score (nSPS) is 18.0. The van der Waals surface area contributed by atoms with Gasteiger partial charge in [0.1, 0.15) is 17.4 Å². The molecule has 0 bridgehead atoms. The van der Waals surface area contributed by atoms with Gasteiger partial charge in [0.05, 0.1) is 16.7 Å². The zero-order chi connectivity index (χ0) is 24.4. The number of nitro groups is 1. The summed E-state index contributed by atoms with van der Waals surface area (Å²) in [4.78, 5) is 50.1. The molecule has 2 aromatic carbocycles. The number of para-hydroxylation sites is 1. The molecule has 0 aliphatic heterocycles. The molecule has 1 unspecified atom stereocenters. The summed E-state index contributed by atoms with van der Waals surface area (Å²) in [6, 6.07) is 9.21. The zero-order valence-electron chi connectivity index (χ0n) is 18.8. The standard InChI is InChI=1S/C26H21NO7/c1-13-12-33-24-15-8-9-16-21(20(15)23(29)22(28)19(13)24)18(10-11-26(16,2)3)34-25(30)14-6-4-5-7-17(14)27(31)32/h4-9,12,18H,10-11H2,1-3H3. The molecule has 8 nitrogen and oxygen atoms in total. The number of nitrogens with zero attached hydrogens (tertiary/aromatic N) is 1. The molecule has 1 heterocycles. The third-order valence-electron chi connectivity index (χ3n) is 6.78. The first-order valence-corrected chi connectivity index (χ1v) is 10.9. The predicted octanol–water partition coefficient (Wildman–Crippen LogP) is 5.51. The largest absolute Gasteiger partial charge is 0.463 e. The van der Waals surface area contributed by atoms with Crippen LogP contribution in [-0.2, 0) is 10.2 Å². The second-order valence-corrected chi connectivity index (χ2v) is 9.32. The summed E-state index contributed by atoms with van der Waals surface area (Å²) >= 11 is 0. The minimum atomic E-state index is -0.857. The number of esters is 1. The Kier molecular flexibility index (Phi) is 4.79. The number of aryl methyl sites for hydroxylation is 1. The van der Waals surface area contributed by atoms with E-state index in [1.165, 1.54) is 30.5 Å². The highest BCUT2D eigenvalue weighted by Gasteiger charge is 2.43. The Labute approximate surface area is 194 Å².